The SMILES string of the molecule is CCNc1cnc(CN2CCOCC2CC)cn1. The molecule has 1 unspecified atom stereocenters. The van der Waals surface area contributed by atoms with Crippen molar-refractivity contribution >= 4 is 5.82 Å². The lowest BCUT2D eigenvalue weighted by Gasteiger charge is -2.34. The molecule has 5 nitrogen and oxygen atoms in total. The Morgan fingerprint density at radius 3 is 2.94 bits per heavy atom. The molecule has 1 atom stereocenters. The van der Waals surface area contributed by atoms with E-state index in [1.807, 2.05) is 6.20 Å². The standard InChI is InChI=1S/C13H22N4O/c1-3-12-10-18-6-5-17(12)9-11-7-16-13(8-15-11)14-4-2/h7-8,12H,3-6,9-10H2,1-2H3,(H,14,16). The Kier molecular flexibility index (Phi) is 4.90. The summed E-state index contributed by atoms with van der Waals surface area (Å²) in [7, 11) is 0. The van der Waals surface area contributed by atoms with Gasteiger partial charge in [0, 0.05) is 25.7 Å². The Balaban J connectivity index is 1.95. The van der Waals surface area contributed by atoms with Crippen LogP contribution in [0.1, 0.15) is 26.0 Å². The van der Waals surface area contributed by atoms with Gasteiger partial charge in [-0.3, -0.25) is 9.88 Å². The number of aromatic nitrogens is 2. The molecule has 0 amide bonds. The summed E-state index contributed by atoms with van der Waals surface area (Å²) < 4.78 is 5.50. The molecule has 2 heterocycles. The predicted octanol–water partition coefficient (Wildman–Crippen LogP) is 1.52. The van der Waals surface area contributed by atoms with E-state index in [-0.39, 0.29) is 0 Å². The molecular weight excluding hydrogens is 228 g/mol. The number of morpholine rings is 1. The number of hydrogen-bond acceptors (Lipinski definition) is 5. The average molecular weight is 250 g/mol. The summed E-state index contributed by atoms with van der Waals surface area (Å²) in [5, 5.41) is 3.15. The summed E-state index contributed by atoms with van der Waals surface area (Å²) in [5.41, 5.74) is 1.03. The third-order valence-electron chi connectivity index (χ3n) is 3.25. The van der Waals surface area contributed by atoms with Gasteiger partial charge in [-0.05, 0) is 13.3 Å². The lowest BCUT2D eigenvalue weighted by Crippen LogP contribution is -2.44. The molecule has 0 spiro atoms. The van der Waals surface area contributed by atoms with Crippen molar-refractivity contribution in [2.75, 3.05) is 31.6 Å². The van der Waals surface area contributed by atoms with Crippen molar-refractivity contribution in [1.29, 1.82) is 0 Å². The third kappa shape index (κ3) is 3.40. The van der Waals surface area contributed by atoms with E-state index in [0.29, 0.717) is 6.04 Å². The first kappa shape index (κ1) is 13.2. The van der Waals surface area contributed by atoms with Gasteiger partial charge in [0.15, 0.2) is 0 Å². The van der Waals surface area contributed by atoms with Crippen LogP contribution in [0.2, 0.25) is 0 Å². The summed E-state index contributed by atoms with van der Waals surface area (Å²) in [4.78, 5) is 11.2. The minimum Gasteiger partial charge on any atom is -0.378 e. The zero-order chi connectivity index (χ0) is 12.8. The smallest absolute Gasteiger partial charge is 0.144 e. The second-order valence-electron chi connectivity index (χ2n) is 4.53. The van der Waals surface area contributed by atoms with Crippen LogP contribution in [0.3, 0.4) is 0 Å². The maximum atomic E-state index is 5.50. The van der Waals surface area contributed by atoms with E-state index in [1.165, 1.54) is 0 Å². The van der Waals surface area contributed by atoms with Gasteiger partial charge in [-0.25, -0.2) is 4.98 Å². The van der Waals surface area contributed by atoms with Crippen molar-refractivity contribution in [2.45, 2.75) is 32.9 Å². The molecule has 1 aromatic heterocycles. The van der Waals surface area contributed by atoms with Crippen molar-refractivity contribution in [3.8, 4) is 0 Å². The molecule has 1 saturated heterocycles. The van der Waals surface area contributed by atoms with Gasteiger partial charge in [-0.1, -0.05) is 6.92 Å². The number of ether oxygens (including phenoxy) is 1. The van der Waals surface area contributed by atoms with Crippen molar-refractivity contribution in [1.82, 2.24) is 14.9 Å². The Labute approximate surface area is 109 Å². The first-order valence-corrected chi connectivity index (χ1v) is 6.70. The van der Waals surface area contributed by atoms with Gasteiger partial charge in [0.1, 0.15) is 5.82 Å². The number of hydrogen-bond donors (Lipinski definition) is 1. The van der Waals surface area contributed by atoms with E-state index in [0.717, 1.165) is 50.8 Å². The van der Waals surface area contributed by atoms with E-state index in [9.17, 15) is 0 Å². The first-order chi connectivity index (χ1) is 8.83. The fraction of sp³-hybridized carbons (Fsp3) is 0.692. The predicted molar refractivity (Wildman–Crippen MR) is 71.5 cm³/mol. The number of anilines is 1. The Morgan fingerprint density at radius 2 is 2.28 bits per heavy atom. The van der Waals surface area contributed by atoms with Gasteiger partial charge in [-0.2, -0.15) is 0 Å². The van der Waals surface area contributed by atoms with Crippen LogP contribution >= 0.6 is 0 Å². The highest BCUT2D eigenvalue weighted by Crippen LogP contribution is 2.13. The average Bonchev–Trinajstić information content (AvgIpc) is 2.42. The van der Waals surface area contributed by atoms with E-state index < -0.39 is 0 Å². The van der Waals surface area contributed by atoms with Crippen LogP contribution in [0.5, 0.6) is 0 Å². The summed E-state index contributed by atoms with van der Waals surface area (Å²) in [6.07, 6.45) is 4.78. The fourth-order valence-electron chi connectivity index (χ4n) is 2.19. The molecule has 0 aliphatic carbocycles. The molecule has 1 N–H and O–H groups in total. The quantitative estimate of drug-likeness (QED) is 0.858. The van der Waals surface area contributed by atoms with E-state index in [4.69, 9.17) is 4.74 Å². The van der Waals surface area contributed by atoms with Gasteiger partial charge in [0.05, 0.1) is 31.3 Å². The monoisotopic (exact) mass is 250 g/mol. The first-order valence-electron chi connectivity index (χ1n) is 6.70. The summed E-state index contributed by atoms with van der Waals surface area (Å²) in [6.45, 7) is 8.62. The minimum atomic E-state index is 0.508. The number of rotatable bonds is 5. The lowest BCUT2D eigenvalue weighted by molar-refractivity contribution is -0.0133. The highest BCUT2D eigenvalue weighted by atomic mass is 16.5. The van der Waals surface area contributed by atoms with Gasteiger partial charge < -0.3 is 10.1 Å². The number of nitrogens with zero attached hydrogens (tertiary/aromatic N) is 3. The molecule has 100 valence electrons. The zero-order valence-corrected chi connectivity index (χ0v) is 11.2. The Bertz CT molecular complexity index is 355. The number of nitrogens with one attached hydrogen (secondary N) is 1. The van der Waals surface area contributed by atoms with E-state index in [2.05, 4.69) is 34.0 Å². The van der Waals surface area contributed by atoms with Crippen LogP contribution in [-0.4, -0.2) is 47.2 Å². The molecule has 2 rings (SSSR count). The molecule has 1 fully saturated rings. The van der Waals surface area contributed by atoms with Gasteiger partial charge in [0.2, 0.25) is 0 Å². The van der Waals surface area contributed by atoms with Gasteiger partial charge in [-0.15, -0.1) is 0 Å². The Hall–Kier alpha value is -1.20. The summed E-state index contributed by atoms with van der Waals surface area (Å²) in [6, 6.07) is 0.508. The maximum Gasteiger partial charge on any atom is 0.144 e. The molecule has 1 aliphatic rings. The molecule has 0 bridgehead atoms. The Morgan fingerprint density at radius 1 is 1.39 bits per heavy atom. The van der Waals surface area contributed by atoms with Crippen LogP contribution in [0, 0.1) is 0 Å². The fourth-order valence-corrected chi connectivity index (χ4v) is 2.19. The van der Waals surface area contributed by atoms with Gasteiger partial charge in [0.25, 0.3) is 0 Å². The molecule has 0 radical (unpaired) electrons. The van der Waals surface area contributed by atoms with Crippen molar-refractivity contribution < 1.29 is 4.74 Å². The van der Waals surface area contributed by atoms with Gasteiger partial charge >= 0.3 is 0 Å². The minimum absolute atomic E-state index is 0.508. The highest BCUT2D eigenvalue weighted by Gasteiger charge is 2.21. The molecule has 18 heavy (non-hydrogen) atoms. The maximum absolute atomic E-state index is 5.50. The van der Waals surface area contributed by atoms with Crippen molar-refractivity contribution in [2.24, 2.45) is 0 Å². The van der Waals surface area contributed by atoms with Crippen molar-refractivity contribution in [3.63, 3.8) is 0 Å². The molecule has 0 aromatic carbocycles. The van der Waals surface area contributed by atoms with E-state index >= 15 is 0 Å². The summed E-state index contributed by atoms with van der Waals surface area (Å²) in [5.74, 6) is 0.843. The molecule has 5 heteroatoms. The summed E-state index contributed by atoms with van der Waals surface area (Å²) >= 11 is 0. The third-order valence-corrected chi connectivity index (χ3v) is 3.25. The second-order valence-corrected chi connectivity index (χ2v) is 4.53. The van der Waals surface area contributed by atoms with Crippen LogP contribution in [-0.2, 0) is 11.3 Å². The molecule has 1 aromatic rings. The lowest BCUT2D eigenvalue weighted by atomic mass is 10.1. The van der Waals surface area contributed by atoms with Crippen LogP contribution in [0.25, 0.3) is 0 Å². The van der Waals surface area contributed by atoms with E-state index in [1.54, 1.807) is 6.20 Å². The molecular formula is C13H22N4O. The molecule has 1 aliphatic heterocycles. The zero-order valence-electron chi connectivity index (χ0n) is 11.2. The van der Waals surface area contributed by atoms with Crippen LogP contribution < -0.4 is 5.32 Å². The van der Waals surface area contributed by atoms with Crippen LogP contribution in [0.15, 0.2) is 12.4 Å². The van der Waals surface area contributed by atoms with Crippen molar-refractivity contribution in [3.05, 3.63) is 18.1 Å². The normalized spacial score (nSPS) is 20.9. The second kappa shape index (κ2) is 6.66. The molecule has 0 saturated carbocycles. The highest BCUT2D eigenvalue weighted by molar-refractivity contribution is 5.30. The topological polar surface area (TPSA) is 50.3 Å². The van der Waals surface area contributed by atoms with Crippen LogP contribution in [0.4, 0.5) is 5.82 Å². The largest absolute Gasteiger partial charge is 0.378 e.